The lowest BCUT2D eigenvalue weighted by Gasteiger charge is -2.31. The zero-order chi connectivity index (χ0) is 26.8. The average Bonchev–Trinajstić information content (AvgIpc) is 3.63. The van der Waals surface area contributed by atoms with Crippen molar-refractivity contribution >= 4 is 22.5 Å². The van der Waals surface area contributed by atoms with E-state index in [4.69, 9.17) is 29.9 Å². The van der Waals surface area contributed by atoms with Gasteiger partial charge in [0.15, 0.2) is 0 Å². The SMILES string of the molecule is CC(C)n1ncc(COc2cnc3cc(N4CCOCC4)nc(OC4CCC(n5ccnc5)CC4)c3c2)c1N. The lowest BCUT2D eigenvalue weighted by Crippen LogP contribution is -2.36. The Morgan fingerprint density at radius 1 is 1.10 bits per heavy atom. The number of ether oxygens (including phenoxy) is 3. The van der Waals surface area contributed by atoms with Gasteiger partial charge >= 0.3 is 0 Å². The van der Waals surface area contributed by atoms with E-state index in [1.807, 2.05) is 44.7 Å². The fraction of sp³-hybridized carbons (Fsp3) is 0.500. The zero-order valence-electron chi connectivity index (χ0n) is 22.6. The van der Waals surface area contributed by atoms with Gasteiger partial charge in [0.1, 0.15) is 30.1 Å². The summed E-state index contributed by atoms with van der Waals surface area (Å²) in [4.78, 5) is 16.2. The van der Waals surface area contributed by atoms with Crippen LogP contribution in [0.15, 0.2) is 43.2 Å². The summed E-state index contributed by atoms with van der Waals surface area (Å²) in [6, 6.07) is 4.64. The second-order valence-electron chi connectivity index (χ2n) is 10.6. The minimum atomic E-state index is 0.0895. The predicted octanol–water partition coefficient (Wildman–Crippen LogP) is 4.16. The fourth-order valence-corrected chi connectivity index (χ4v) is 5.38. The Labute approximate surface area is 227 Å². The monoisotopic (exact) mass is 532 g/mol. The number of nitrogens with zero attached hydrogens (tertiary/aromatic N) is 7. The van der Waals surface area contributed by atoms with E-state index < -0.39 is 0 Å². The van der Waals surface area contributed by atoms with Crippen LogP contribution >= 0.6 is 0 Å². The molecule has 0 aromatic carbocycles. The van der Waals surface area contributed by atoms with Gasteiger partial charge in [-0.15, -0.1) is 0 Å². The zero-order valence-corrected chi connectivity index (χ0v) is 22.6. The summed E-state index contributed by atoms with van der Waals surface area (Å²) in [5.41, 5.74) is 7.94. The molecule has 1 aliphatic carbocycles. The Balaban J connectivity index is 1.24. The molecule has 4 aromatic rings. The number of nitrogen functional groups attached to an aromatic ring is 1. The number of nitrogens with two attached hydrogens (primary N) is 1. The highest BCUT2D eigenvalue weighted by molar-refractivity contribution is 5.87. The van der Waals surface area contributed by atoms with Crippen LogP contribution in [0.3, 0.4) is 0 Å². The first-order valence-electron chi connectivity index (χ1n) is 13.8. The summed E-state index contributed by atoms with van der Waals surface area (Å²) >= 11 is 0. The van der Waals surface area contributed by atoms with Gasteiger partial charge in [-0.1, -0.05) is 0 Å². The topological polar surface area (TPSA) is 118 Å². The van der Waals surface area contributed by atoms with Crippen molar-refractivity contribution in [3.05, 3.63) is 48.8 Å². The number of pyridine rings is 2. The molecular formula is C28H36N8O3. The first-order chi connectivity index (χ1) is 19.0. The number of fused-ring (bicyclic) bond motifs is 1. The Hall–Kier alpha value is -3.86. The number of hydrogen-bond acceptors (Lipinski definition) is 9. The van der Waals surface area contributed by atoms with Crippen LogP contribution in [0.2, 0.25) is 0 Å². The van der Waals surface area contributed by atoms with Gasteiger partial charge in [0.05, 0.1) is 48.4 Å². The summed E-state index contributed by atoms with van der Waals surface area (Å²) in [6.07, 6.45) is 13.4. The molecule has 2 fully saturated rings. The van der Waals surface area contributed by atoms with Crippen molar-refractivity contribution in [2.24, 2.45) is 0 Å². The quantitative estimate of drug-likeness (QED) is 0.357. The van der Waals surface area contributed by atoms with Crippen molar-refractivity contribution in [3.8, 4) is 11.6 Å². The highest BCUT2D eigenvalue weighted by Gasteiger charge is 2.25. The highest BCUT2D eigenvalue weighted by Crippen LogP contribution is 2.35. The minimum Gasteiger partial charge on any atom is -0.487 e. The molecule has 5 heterocycles. The van der Waals surface area contributed by atoms with Crippen LogP contribution < -0.4 is 20.1 Å². The number of rotatable bonds is 8. The van der Waals surface area contributed by atoms with Crippen molar-refractivity contribution in [1.82, 2.24) is 29.3 Å². The van der Waals surface area contributed by atoms with Crippen LogP contribution in [0, 0.1) is 0 Å². The van der Waals surface area contributed by atoms with Gasteiger partial charge < -0.3 is 29.4 Å². The molecule has 206 valence electrons. The maximum absolute atomic E-state index is 6.61. The maximum Gasteiger partial charge on any atom is 0.225 e. The Bertz CT molecular complexity index is 1390. The Kier molecular flexibility index (Phi) is 7.23. The molecule has 1 aliphatic heterocycles. The van der Waals surface area contributed by atoms with Gasteiger partial charge in [0.2, 0.25) is 5.88 Å². The van der Waals surface area contributed by atoms with Crippen LogP contribution in [0.1, 0.15) is 57.2 Å². The standard InChI is InChI=1S/C28H36N8O3/c1-19(2)36-27(29)20(15-32-36)17-38-23-13-24-25(31-16-23)14-26(34-9-11-37-12-10-34)33-28(24)39-22-5-3-21(4-6-22)35-8-7-30-18-35/h7-8,13-16,18-19,21-22H,3-6,9-12,17,29H2,1-2H3. The third-order valence-electron chi connectivity index (χ3n) is 7.61. The molecule has 2 N–H and O–H groups in total. The van der Waals surface area contributed by atoms with E-state index in [1.54, 1.807) is 17.1 Å². The van der Waals surface area contributed by atoms with E-state index in [9.17, 15) is 0 Å². The largest absolute Gasteiger partial charge is 0.487 e. The van der Waals surface area contributed by atoms with Gasteiger partial charge in [-0.2, -0.15) is 10.1 Å². The fourth-order valence-electron chi connectivity index (χ4n) is 5.38. The van der Waals surface area contributed by atoms with Crippen LogP contribution in [0.25, 0.3) is 10.9 Å². The van der Waals surface area contributed by atoms with Gasteiger partial charge in [0.25, 0.3) is 0 Å². The van der Waals surface area contributed by atoms with Gasteiger partial charge in [0, 0.05) is 43.6 Å². The molecule has 2 aliphatic rings. The molecule has 11 nitrogen and oxygen atoms in total. The van der Waals surface area contributed by atoms with Crippen molar-refractivity contribution in [2.45, 2.75) is 64.3 Å². The van der Waals surface area contributed by atoms with E-state index in [0.717, 1.165) is 61.1 Å². The van der Waals surface area contributed by atoms with Crippen LogP contribution in [-0.4, -0.2) is 61.7 Å². The van der Waals surface area contributed by atoms with Gasteiger partial charge in [-0.25, -0.2) is 9.67 Å². The highest BCUT2D eigenvalue weighted by atomic mass is 16.5. The Morgan fingerprint density at radius 2 is 1.92 bits per heavy atom. The predicted molar refractivity (Wildman–Crippen MR) is 148 cm³/mol. The molecular weight excluding hydrogens is 496 g/mol. The van der Waals surface area contributed by atoms with Gasteiger partial charge in [-0.05, 0) is 45.6 Å². The number of anilines is 2. The van der Waals surface area contributed by atoms with Crippen molar-refractivity contribution < 1.29 is 14.2 Å². The smallest absolute Gasteiger partial charge is 0.225 e. The summed E-state index contributed by atoms with van der Waals surface area (Å²) in [7, 11) is 0. The van der Waals surface area contributed by atoms with E-state index in [0.29, 0.717) is 43.3 Å². The average molecular weight is 533 g/mol. The summed E-state index contributed by atoms with van der Waals surface area (Å²) in [5.74, 6) is 2.72. The third-order valence-corrected chi connectivity index (χ3v) is 7.61. The molecule has 11 heteroatoms. The number of aromatic nitrogens is 6. The Morgan fingerprint density at radius 3 is 2.64 bits per heavy atom. The lowest BCUT2D eigenvalue weighted by molar-refractivity contribution is 0.121. The molecule has 1 saturated carbocycles. The van der Waals surface area contributed by atoms with Crippen molar-refractivity contribution in [2.75, 3.05) is 36.9 Å². The van der Waals surface area contributed by atoms with E-state index >= 15 is 0 Å². The number of morpholine rings is 1. The second-order valence-corrected chi connectivity index (χ2v) is 10.6. The summed E-state index contributed by atoms with van der Waals surface area (Å²) in [6.45, 7) is 7.35. The maximum atomic E-state index is 6.61. The molecule has 0 amide bonds. The van der Waals surface area contributed by atoms with Crippen LogP contribution in [-0.2, 0) is 11.3 Å². The second kappa shape index (κ2) is 11.1. The lowest BCUT2D eigenvalue weighted by atomic mass is 9.93. The summed E-state index contributed by atoms with van der Waals surface area (Å²) in [5, 5.41) is 5.22. The molecule has 0 bridgehead atoms. The molecule has 6 rings (SSSR count). The van der Waals surface area contributed by atoms with E-state index in [2.05, 4.69) is 19.5 Å². The molecule has 1 saturated heterocycles. The van der Waals surface area contributed by atoms with Crippen molar-refractivity contribution in [3.63, 3.8) is 0 Å². The molecule has 0 spiro atoms. The minimum absolute atomic E-state index is 0.0895. The number of imidazole rings is 1. The number of hydrogen-bond donors (Lipinski definition) is 1. The molecule has 39 heavy (non-hydrogen) atoms. The first kappa shape index (κ1) is 25.4. The normalized spacial score (nSPS) is 20.0. The van der Waals surface area contributed by atoms with E-state index in [-0.39, 0.29) is 12.1 Å². The van der Waals surface area contributed by atoms with Crippen LogP contribution in [0.5, 0.6) is 11.6 Å². The molecule has 0 unspecified atom stereocenters. The van der Waals surface area contributed by atoms with Crippen LogP contribution in [0.4, 0.5) is 11.6 Å². The summed E-state index contributed by atoms with van der Waals surface area (Å²) < 4.78 is 22.3. The third kappa shape index (κ3) is 5.49. The van der Waals surface area contributed by atoms with E-state index in [1.165, 1.54) is 0 Å². The van der Waals surface area contributed by atoms with Crippen molar-refractivity contribution in [1.29, 1.82) is 0 Å². The molecule has 0 radical (unpaired) electrons. The first-order valence-corrected chi connectivity index (χ1v) is 13.8. The molecule has 4 aromatic heterocycles. The van der Waals surface area contributed by atoms with Gasteiger partial charge in [-0.3, -0.25) is 4.98 Å². The molecule has 0 atom stereocenters.